The van der Waals surface area contributed by atoms with Crippen molar-refractivity contribution in [2.45, 2.75) is 46.5 Å². The van der Waals surface area contributed by atoms with E-state index in [0.717, 1.165) is 12.0 Å². The van der Waals surface area contributed by atoms with Gasteiger partial charge in [-0.1, -0.05) is 34.6 Å². The Bertz CT molecular complexity index is 430. The van der Waals surface area contributed by atoms with Crippen LogP contribution in [0.25, 0.3) is 0 Å². The molecule has 1 unspecified atom stereocenters. The highest BCUT2D eigenvalue weighted by Crippen LogP contribution is 2.33. The van der Waals surface area contributed by atoms with Gasteiger partial charge >= 0.3 is 5.97 Å². The number of ether oxygens (including phenoxy) is 1. The van der Waals surface area contributed by atoms with Gasteiger partial charge in [0.05, 0.1) is 5.92 Å². The molecule has 0 bridgehead atoms. The Hall–Kier alpha value is -1.51. The minimum atomic E-state index is -0.233. The monoisotopic (exact) mass is 250 g/mol. The number of carbonyl (C=O) groups excluding carboxylic acids is 1. The molecular weight excluding hydrogens is 228 g/mol. The summed E-state index contributed by atoms with van der Waals surface area (Å²) < 4.78 is 5.31. The zero-order valence-corrected chi connectivity index (χ0v) is 11.8. The van der Waals surface area contributed by atoms with Crippen molar-refractivity contribution in [2.24, 2.45) is 5.92 Å². The van der Waals surface area contributed by atoms with Crippen LogP contribution in [0, 0.1) is 5.92 Å². The van der Waals surface area contributed by atoms with E-state index in [9.17, 15) is 9.90 Å². The van der Waals surface area contributed by atoms with E-state index in [1.807, 2.05) is 34.6 Å². The number of rotatable bonds is 3. The molecule has 3 heteroatoms. The number of benzene rings is 1. The van der Waals surface area contributed by atoms with Gasteiger partial charge in [-0.05, 0) is 30.0 Å². The number of hydrogen-bond acceptors (Lipinski definition) is 3. The van der Waals surface area contributed by atoms with E-state index in [1.165, 1.54) is 0 Å². The van der Waals surface area contributed by atoms with Gasteiger partial charge in [0.15, 0.2) is 0 Å². The second kappa shape index (κ2) is 5.42. The molecule has 0 spiro atoms. The maximum atomic E-state index is 11.7. The summed E-state index contributed by atoms with van der Waals surface area (Å²) in [6.07, 6.45) is 0.753. The van der Waals surface area contributed by atoms with Crippen molar-refractivity contribution >= 4 is 5.97 Å². The third kappa shape index (κ3) is 3.49. The normalized spacial score (nSPS) is 13.2. The van der Waals surface area contributed by atoms with Crippen LogP contribution < -0.4 is 4.74 Å². The summed E-state index contributed by atoms with van der Waals surface area (Å²) in [4.78, 5) is 11.7. The molecule has 0 saturated heterocycles. The van der Waals surface area contributed by atoms with E-state index >= 15 is 0 Å². The molecule has 18 heavy (non-hydrogen) atoms. The molecule has 0 radical (unpaired) electrons. The van der Waals surface area contributed by atoms with E-state index in [-0.39, 0.29) is 23.1 Å². The lowest BCUT2D eigenvalue weighted by atomic mass is 9.86. The number of hydrogen-bond donors (Lipinski definition) is 1. The summed E-state index contributed by atoms with van der Waals surface area (Å²) in [5.74, 6) is 0.369. The van der Waals surface area contributed by atoms with Crippen LogP contribution in [0.15, 0.2) is 18.2 Å². The van der Waals surface area contributed by atoms with Gasteiger partial charge in [0.1, 0.15) is 11.5 Å². The third-order valence-corrected chi connectivity index (χ3v) is 3.01. The van der Waals surface area contributed by atoms with Crippen LogP contribution in [0.2, 0.25) is 0 Å². The first-order valence-corrected chi connectivity index (χ1v) is 6.31. The van der Waals surface area contributed by atoms with E-state index in [1.54, 1.807) is 18.2 Å². The molecule has 0 aliphatic carbocycles. The maximum Gasteiger partial charge on any atom is 0.314 e. The molecule has 1 aromatic rings. The Morgan fingerprint density at radius 2 is 2.00 bits per heavy atom. The molecule has 1 rings (SSSR count). The van der Waals surface area contributed by atoms with Gasteiger partial charge in [-0.2, -0.15) is 0 Å². The summed E-state index contributed by atoms with van der Waals surface area (Å²) in [6, 6.07) is 4.92. The Morgan fingerprint density at radius 3 is 2.50 bits per heavy atom. The smallest absolute Gasteiger partial charge is 0.314 e. The molecule has 0 aliphatic rings. The number of phenols is 1. The van der Waals surface area contributed by atoms with E-state index in [2.05, 4.69) is 0 Å². The predicted molar refractivity (Wildman–Crippen MR) is 71.9 cm³/mol. The summed E-state index contributed by atoms with van der Waals surface area (Å²) in [5.41, 5.74) is 0.583. The molecule has 0 amide bonds. The summed E-state index contributed by atoms with van der Waals surface area (Å²) in [5, 5.41) is 9.82. The third-order valence-electron chi connectivity index (χ3n) is 3.01. The number of phenolic OH excluding ortho intramolecular Hbond substituents is 1. The summed E-state index contributed by atoms with van der Waals surface area (Å²) >= 11 is 0. The van der Waals surface area contributed by atoms with Gasteiger partial charge < -0.3 is 9.84 Å². The summed E-state index contributed by atoms with van der Waals surface area (Å²) in [6.45, 7) is 9.80. The van der Waals surface area contributed by atoms with Gasteiger partial charge in [0.2, 0.25) is 0 Å². The van der Waals surface area contributed by atoms with E-state index in [4.69, 9.17) is 4.74 Å². The van der Waals surface area contributed by atoms with Crippen LogP contribution in [0.1, 0.15) is 46.6 Å². The minimum Gasteiger partial charge on any atom is -0.508 e. The molecule has 1 aromatic carbocycles. The number of aromatic hydroxyl groups is 1. The fraction of sp³-hybridized carbons (Fsp3) is 0.533. The topological polar surface area (TPSA) is 46.5 Å². The number of esters is 1. The lowest BCUT2D eigenvalue weighted by molar-refractivity contribution is -0.138. The maximum absolute atomic E-state index is 11.7. The molecule has 3 nitrogen and oxygen atoms in total. The van der Waals surface area contributed by atoms with Crippen LogP contribution in [0.3, 0.4) is 0 Å². The molecule has 0 saturated carbocycles. The molecule has 1 N–H and O–H groups in total. The molecule has 0 aromatic heterocycles. The highest BCUT2D eigenvalue weighted by atomic mass is 16.5. The lowest BCUT2D eigenvalue weighted by Gasteiger charge is -2.21. The zero-order valence-electron chi connectivity index (χ0n) is 11.8. The standard InChI is InChI=1S/C15H22O3/c1-6-10(2)14(17)18-11-7-8-13(16)12(9-11)15(3,4)5/h7-10,16H,6H2,1-5H3. The van der Waals surface area contributed by atoms with Crippen molar-refractivity contribution in [3.63, 3.8) is 0 Å². The molecular formula is C15H22O3. The molecule has 100 valence electrons. The van der Waals surface area contributed by atoms with Gasteiger partial charge in [-0.15, -0.1) is 0 Å². The molecule has 0 heterocycles. The van der Waals surface area contributed by atoms with E-state index < -0.39 is 0 Å². The van der Waals surface area contributed by atoms with Crippen LogP contribution in [-0.4, -0.2) is 11.1 Å². The van der Waals surface area contributed by atoms with Crippen LogP contribution in [-0.2, 0) is 10.2 Å². The molecule has 0 fully saturated rings. The van der Waals surface area contributed by atoms with Gasteiger partial charge in [-0.25, -0.2) is 0 Å². The lowest BCUT2D eigenvalue weighted by Crippen LogP contribution is -2.18. The second-order valence-corrected chi connectivity index (χ2v) is 5.66. The van der Waals surface area contributed by atoms with Crippen molar-refractivity contribution in [3.8, 4) is 11.5 Å². The van der Waals surface area contributed by atoms with Crippen molar-refractivity contribution in [2.75, 3.05) is 0 Å². The quantitative estimate of drug-likeness (QED) is 0.658. The van der Waals surface area contributed by atoms with Crippen molar-refractivity contribution in [3.05, 3.63) is 23.8 Å². The largest absolute Gasteiger partial charge is 0.508 e. The molecule has 1 atom stereocenters. The van der Waals surface area contributed by atoms with Crippen molar-refractivity contribution in [1.29, 1.82) is 0 Å². The second-order valence-electron chi connectivity index (χ2n) is 5.66. The van der Waals surface area contributed by atoms with Crippen LogP contribution in [0.5, 0.6) is 11.5 Å². The van der Waals surface area contributed by atoms with Gasteiger partial charge in [-0.3, -0.25) is 4.79 Å². The average Bonchev–Trinajstić information content (AvgIpc) is 2.29. The Kier molecular flexibility index (Phi) is 4.38. The first-order chi connectivity index (χ1) is 8.25. The SMILES string of the molecule is CCC(C)C(=O)Oc1ccc(O)c(C(C)(C)C)c1. The molecule has 0 aliphatic heterocycles. The highest BCUT2D eigenvalue weighted by Gasteiger charge is 2.20. The Balaban J connectivity index is 2.96. The first kappa shape index (κ1) is 14.6. The van der Waals surface area contributed by atoms with Crippen molar-refractivity contribution < 1.29 is 14.6 Å². The van der Waals surface area contributed by atoms with E-state index in [0.29, 0.717) is 5.75 Å². The van der Waals surface area contributed by atoms with Gasteiger partial charge in [0.25, 0.3) is 0 Å². The Morgan fingerprint density at radius 1 is 1.39 bits per heavy atom. The van der Waals surface area contributed by atoms with Crippen molar-refractivity contribution in [1.82, 2.24) is 0 Å². The van der Waals surface area contributed by atoms with Crippen LogP contribution >= 0.6 is 0 Å². The average molecular weight is 250 g/mol. The fourth-order valence-electron chi connectivity index (χ4n) is 1.56. The van der Waals surface area contributed by atoms with Crippen LogP contribution in [0.4, 0.5) is 0 Å². The highest BCUT2D eigenvalue weighted by molar-refractivity contribution is 5.74. The minimum absolute atomic E-state index is 0.114. The summed E-state index contributed by atoms with van der Waals surface area (Å²) in [7, 11) is 0. The number of carbonyl (C=O) groups is 1. The fourth-order valence-corrected chi connectivity index (χ4v) is 1.56. The zero-order chi connectivity index (χ0) is 13.9. The first-order valence-electron chi connectivity index (χ1n) is 6.31. The predicted octanol–water partition coefficient (Wildman–Crippen LogP) is 3.64. The Labute approximate surface area is 109 Å². The van der Waals surface area contributed by atoms with Gasteiger partial charge in [0, 0.05) is 5.56 Å².